The summed E-state index contributed by atoms with van der Waals surface area (Å²) < 4.78 is 28.4. The number of aliphatic hydroxyl groups is 2. The van der Waals surface area contributed by atoms with Crippen molar-refractivity contribution in [2.75, 3.05) is 13.2 Å². The van der Waals surface area contributed by atoms with Gasteiger partial charge in [0.15, 0.2) is 24.6 Å². The van der Waals surface area contributed by atoms with Crippen LogP contribution < -0.4 is 0 Å². The Kier molecular flexibility index (Phi) is 48.8. The standard InChI is InChI=1S/C65H110O12/c1-4-7-10-13-16-19-22-25-27-29-31-34-36-39-42-45-48-51-57(66)73-54-56(75-58(67)52-49-46-43-40-37-33-24-21-18-15-12-9-6-3)55-74-65-63(61(70)60(69)62(77-65)64(71)72)76-59(68)53-50-47-44-41-38-35-32-30-28-26-23-20-17-14-11-8-5-2/h8,11,17,20,25-28,32,35,41,44,56,60-63,65,69-70H,4-7,9-10,12-16,18-19,21-24,29-31,33-34,36-40,42-43,45-55H2,1-3H3,(H,71,72)/b11-8-,20-17-,27-25-,28-26-,35-32-,44-41-. The van der Waals surface area contributed by atoms with E-state index in [1.54, 1.807) is 0 Å². The van der Waals surface area contributed by atoms with Crippen molar-refractivity contribution in [3.63, 3.8) is 0 Å². The highest BCUT2D eigenvalue weighted by Gasteiger charge is 2.50. The number of ether oxygens (including phenoxy) is 5. The average Bonchev–Trinajstić information content (AvgIpc) is 3.42. The first-order chi connectivity index (χ1) is 37.6. The quantitative estimate of drug-likeness (QED) is 0.0228. The molecule has 77 heavy (non-hydrogen) atoms. The van der Waals surface area contributed by atoms with Crippen molar-refractivity contribution >= 4 is 23.9 Å². The van der Waals surface area contributed by atoms with Gasteiger partial charge in [-0.15, -0.1) is 0 Å². The van der Waals surface area contributed by atoms with Gasteiger partial charge in [0.05, 0.1) is 6.61 Å². The summed E-state index contributed by atoms with van der Waals surface area (Å²) in [5.41, 5.74) is 0. The van der Waals surface area contributed by atoms with Crippen LogP contribution in [0, 0.1) is 0 Å². The molecule has 0 bridgehead atoms. The summed E-state index contributed by atoms with van der Waals surface area (Å²) in [5, 5.41) is 31.5. The first kappa shape index (κ1) is 71.2. The number of aliphatic carboxylic acids is 1. The minimum atomic E-state index is -1.92. The maximum Gasteiger partial charge on any atom is 0.335 e. The van der Waals surface area contributed by atoms with Gasteiger partial charge in [0.1, 0.15) is 18.8 Å². The summed E-state index contributed by atoms with van der Waals surface area (Å²) in [6, 6.07) is 0. The Morgan fingerprint density at radius 3 is 1.30 bits per heavy atom. The number of unbranched alkanes of at least 4 members (excludes halogenated alkanes) is 26. The second-order valence-corrected chi connectivity index (χ2v) is 21.0. The lowest BCUT2D eigenvalue weighted by Crippen LogP contribution is -2.61. The lowest BCUT2D eigenvalue weighted by atomic mass is 9.98. The van der Waals surface area contributed by atoms with Gasteiger partial charge >= 0.3 is 23.9 Å². The van der Waals surface area contributed by atoms with Crippen molar-refractivity contribution in [2.24, 2.45) is 0 Å². The monoisotopic (exact) mass is 1080 g/mol. The molecule has 1 saturated heterocycles. The molecular formula is C65H110O12. The van der Waals surface area contributed by atoms with Gasteiger partial charge in [-0.05, 0) is 83.5 Å². The minimum absolute atomic E-state index is 0.0185. The van der Waals surface area contributed by atoms with Crippen molar-refractivity contribution in [3.8, 4) is 0 Å². The Bertz CT molecular complexity index is 1620. The third kappa shape index (κ3) is 42.7. The molecule has 12 heteroatoms. The Hall–Kier alpha value is -3.84. The highest BCUT2D eigenvalue weighted by Crippen LogP contribution is 2.26. The van der Waals surface area contributed by atoms with E-state index in [1.165, 1.54) is 122 Å². The molecule has 0 spiro atoms. The van der Waals surface area contributed by atoms with Gasteiger partial charge in [-0.25, -0.2) is 4.79 Å². The van der Waals surface area contributed by atoms with E-state index < -0.39 is 67.3 Å². The molecule has 0 radical (unpaired) electrons. The van der Waals surface area contributed by atoms with Crippen LogP contribution in [0.1, 0.15) is 265 Å². The van der Waals surface area contributed by atoms with Gasteiger partial charge in [0, 0.05) is 19.3 Å². The average molecular weight is 1080 g/mol. The predicted octanol–water partition coefficient (Wildman–Crippen LogP) is 16.1. The zero-order valence-corrected chi connectivity index (χ0v) is 48.7. The molecular weight excluding hydrogens is 973 g/mol. The normalized spacial score (nSPS) is 18.5. The van der Waals surface area contributed by atoms with Crippen LogP contribution in [0.2, 0.25) is 0 Å². The molecule has 0 aromatic heterocycles. The number of carboxylic acid groups (broad SMARTS) is 1. The summed E-state index contributed by atoms with van der Waals surface area (Å²) >= 11 is 0. The predicted molar refractivity (Wildman–Crippen MR) is 312 cm³/mol. The zero-order chi connectivity index (χ0) is 56.1. The summed E-state index contributed by atoms with van der Waals surface area (Å²) in [7, 11) is 0. The third-order valence-corrected chi connectivity index (χ3v) is 13.8. The summed E-state index contributed by atoms with van der Waals surface area (Å²) in [5.74, 6) is -3.19. The first-order valence-electron chi connectivity index (χ1n) is 30.9. The largest absolute Gasteiger partial charge is 0.479 e. The van der Waals surface area contributed by atoms with Gasteiger partial charge < -0.3 is 39.0 Å². The number of carbonyl (C=O) groups excluding carboxylic acids is 3. The maximum atomic E-state index is 13.2. The molecule has 1 fully saturated rings. The molecule has 0 aromatic carbocycles. The number of hydrogen-bond donors (Lipinski definition) is 3. The summed E-state index contributed by atoms with van der Waals surface area (Å²) in [4.78, 5) is 51.2. The van der Waals surface area contributed by atoms with Crippen LogP contribution in [-0.4, -0.2) is 89.2 Å². The molecule has 0 aromatic rings. The fraction of sp³-hybridized carbons (Fsp3) is 0.754. The number of aliphatic hydroxyl groups excluding tert-OH is 2. The van der Waals surface area contributed by atoms with Crippen molar-refractivity contribution in [2.45, 2.75) is 302 Å². The number of rotatable bonds is 52. The van der Waals surface area contributed by atoms with Crippen LogP contribution in [0.25, 0.3) is 0 Å². The van der Waals surface area contributed by atoms with Crippen LogP contribution in [-0.2, 0) is 42.9 Å². The highest BCUT2D eigenvalue weighted by atomic mass is 16.7. The van der Waals surface area contributed by atoms with Crippen molar-refractivity contribution < 1.29 is 58.2 Å². The van der Waals surface area contributed by atoms with E-state index in [4.69, 9.17) is 23.7 Å². The fourth-order valence-electron chi connectivity index (χ4n) is 9.05. The van der Waals surface area contributed by atoms with Crippen LogP contribution in [0.3, 0.4) is 0 Å². The number of allylic oxidation sites excluding steroid dienone is 12. The number of hydrogen-bond acceptors (Lipinski definition) is 11. The minimum Gasteiger partial charge on any atom is -0.479 e. The van der Waals surface area contributed by atoms with E-state index in [0.29, 0.717) is 25.7 Å². The number of carbonyl (C=O) groups is 4. The molecule has 0 saturated carbocycles. The molecule has 1 rings (SSSR count). The van der Waals surface area contributed by atoms with Gasteiger partial charge in [-0.1, -0.05) is 235 Å². The Morgan fingerprint density at radius 2 is 0.831 bits per heavy atom. The third-order valence-electron chi connectivity index (χ3n) is 13.8. The second kappa shape index (κ2) is 52.8. The van der Waals surface area contributed by atoms with E-state index >= 15 is 0 Å². The Labute approximate surface area is 468 Å². The van der Waals surface area contributed by atoms with E-state index in [2.05, 4.69) is 81.5 Å². The van der Waals surface area contributed by atoms with E-state index in [0.717, 1.165) is 77.0 Å². The van der Waals surface area contributed by atoms with Gasteiger partial charge in [-0.3, -0.25) is 14.4 Å². The van der Waals surface area contributed by atoms with Crippen molar-refractivity contribution in [1.29, 1.82) is 0 Å². The number of esters is 3. The zero-order valence-electron chi connectivity index (χ0n) is 48.7. The van der Waals surface area contributed by atoms with Gasteiger partial charge in [0.25, 0.3) is 0 Å². The Balaban J connectivity index is 2.70. The van der Waals surface area contributed by atoms with Crippen LogP contribution in [0.5, 0.6) is 0 Å². The van der Waals surface area contributed by atoms with Gasteiger partial charge in [-0.2, -0.15) is 0 Å². The highest BCUT2D eigenvalue weighted by molar-refractivity contribution is 5.74. The fourth-order valence-corrected chi connectivity index (χ4v) is 9.05. The van der Waals surface area contributed by atoms with Crippen LogP contribution in [0.4, 0.5) is 0 Å². The first-order valence-corrected chi connectivity index (χ1v) is 30.9. The Morgan fingerprint density at radius 1 is 0.442 bits per heavy atom. The number of carboxylic acids is 1. The van der Waals surface area contributed by atoms with Gasteiger partial charge in [0.2, 0.25) is 0 Å². The molecule has 0 aliphatic carbocycles. The van der Waals surface area contributed by atoms with Crippen molar-refractivity contribution in [3.05, 3.63) is 72.9 Å². The van der Waals surface area contributed by atoms with E-state index in [9.17, 15) is 34.5 Å². The lowest BCUT2D eigenvalue weighted by Gasteiger charge is -2.40. The van der Waals surface area contributed by atoms with E-state index in [1.807, 2.05) is 12.2 Å². The summed E-state index contributed by atoms with van der Waals surface area (Å²) in [6.45, 7) is 5.86. The SMILES string of the molecule is CC/C=C\C/C=C\C/C=C\C/C=C\C/C=C\CCCC(=O)OC1C(OCC(COC(=O)CCCCCCCCC/C=C\CCCCCCCC)OC(=O)CCCCCCCCCCCCCCC)OC(C(=O)O)C(O)C1O. The van der Waals surface area contributed by atoms with Crippen LogP contribution >= 0.6 is 0 Å². The van der Waals surface area contributed by atoms with E-state index in [-0.39, 0.29) is 25.9 Å². The van der Waals surface area contributed by atoms with Crippen molar-refractivity contribution in [1.82, 2.24) is 0 Å². The molecule has 6 atom stereocenters. The molecule has 1 aliphatic rings. The maximum absolute atomic E-state index is 13.2. The molecule has 3 N–H and O–H groups in total. The molecule has 12 nitrogen and oxygen atoms in total. The van der Waals surface area contributed by atoms with Crippen LogP contribution in [0.15, 0.2) is 72.9 Å². The summed E-state index contributed by atoms with van der Waals surface area (Å²) in [6.07, 6.45) is 54.4. The lowest BCUT2D eigenvalue weighted by molar-refractivity contribution is -0.301. The molecule has 6 unspecified atom stereocenters. The topological polar surface area (TPSA) is 175 Å². The smallest absolute Gasteiger partial charge is 0.335 e. The molecule has 442 valence electrons. The molecule has 1 heterocycles. The molecule has 0 amide bonds. The molecule has 1 aliphatic heterocycles. The second-order valence-electron chi connectivity index (χ2n) is 21.0.